The van der Waals surface area contributed by atoms with Crippen molar-refractivity contribution >= 4 is 5.91 Å². The fourth-order valence-electron chi connectivity index (χ4n) is 2.55. The molecule has 90 valence electrons. The van der Waals surface area contributed by atoms with Crippen LogP contribution in [0, 0.1) is 5.92 Å². The highest BCUT2D eigenvalue weighted by molar-refractivity contribution is 5.79. The molecule has 3 heteroatoms. The first-order valence-electron chi connectivity index (χ1n) is 6.27. The number of amides is 1. The molecule has 0 atom stereocenters. The predicted molar refractivity (Wildman–Crippen MR) is 65.1 cm³/mol. The molecule has 0 spiro atoms. The Kier molecular flexibility index (Phi) is 3.33. The Labute approximate surface area is 97.9 Å². The summed E-state index contributed by atoms with van der Waals surface area (Å²) >= 11 is 0. The summed E-state index contributed by atoms with van der Waals surface area (Å²) in [5.41, 5.74) is 0.227. The molecule has 1 amide bonds. The number of piperidine rings is 1. The van der Waals surface area contributed by atoms with E-state index in [0.29, 0.717) is 5.91 Å². The van der Waals surface area contributed by atoms with E-state index < -0.39 is 0 Å². The van der Waals surface area contributed by atoms with Crippen molar-refractivity contribution in [2.24, 2.45) is 5.92 Å². The second-order valence-electron chi connectivity index (χ2n) is 5.28. The van der Waals surface area contributed by atoms with Gasteiger partial charge in [-0.2, -0.15) is 0 Å². The fraction of sp³-hybridized carbons (Fsp3) is 0.769. The maximum absolute atomic E-state index is 12.2. The number of allylic oxidation sites excluding steroid dienone is 2. The molecule has 0 aromatic carbocycles. The molecule has 0 bridgehead atoms. The first kappa shape index (κ1) is 11.6. The van der Waals surface area contributed by atoms with Crippen molar-refractivity contribution < 1.29 is 4.79 Å². The van der Waals surface area contributed by atoms with E-state index >= 15 is 0 Å². The van der Waals surface area contributed by atoms with Gasteiger partial charge in [-0.3, -0.25) is 4.79 Å². The Balaban J connectivity index is 1.86. The summed E-state index contributed by atoms with van der Waals surface area (Å²) in [6.45, 7) is 4.06. The molecule has 1 aliphatic heterocycles. The zero-order valence-corrected chi connectivity index (χ0v) is 10.3. The van der Waals surface area contributed by atoms with Gasteiger partial charge in [0.1, 0.15) is 0 Å². The van der Waals surface area contributed by atoms with Gasteiger partial charge in [-0.25, -0.2) is 0 Å². The molecule has 1 heterocycles. The summed E-state index contributed by atoms with van der Waals surface area (Å²) in [7, 11) is 2.01. The van der Waals surface area contributed by atoms with Crippen molar-refractivity contribution in [3.63, 3.8) is 0 Å². The second-order valence-corrected chi connectivity index (χ2v) is 5.28. The predicted octanol–water partition coefficient (Wildman–Crippen LogP) is 1.55. The second kappa shape index (κ2) is 4.58. The van der Waals surface area contributed by atoms with Crippen LogP contribution < -0.4 is 5.32 Å². The lowest BCUT2D eigenvalue weighted by Crippen LogP contribution is -2.52. The average Bonchev–Trinajstić information content (AvgIpc) is 2.83. The minimum Gasteiger partial charge on any atom is -0.342 e. The molecule has 2 rings (SSSR count). The monoisotopic (exact) mass is 222 g/mol. The van der Waals surface area contributed by atoms with Gasteiger partial charge in [-0.15, -0.1) is 0 Å². The molecular weight excluding hydrogens is 200 g/mol. The van der Waals surface area contributed by atoms with Gasteiger partial charge in [-0.05, 0) is 39.7 Å². The van der Waals surface area contributed by atoms with Gasteiger partial charge in [0.2, 0.25) is 5.91 Å². The van der Waals surface area contributed by atoms with E-state index in [1.54, 1.807) is 0 Å². The Morgan fingerprint density at radius 2 is 1.88 bits per heavy atom. The third-order valence-corrected chi connectivity index (χ3v) is 4.14. The van der Waals surface area contributed by atoms with E-state index in [4.69, 9.17) is 0 Å². The third kappa shape index (κ3) is 2.29. The van der Waals surface area contributed by atoms with E-state index in [-0.39, 0.29) is 11.5 Å². The molecule has 2 aliphatic rings. The van der Waals surface area contributed by atoms with Gasteiger partial charge in [-0.1, -0.05) is 12.2 Å². The van der Waals surface area contributed by atoms with Crippen LogP contribution in [0.1, 0.15) is 32.6 Å². The van der Waals surface area contributed by atoms with E-state index in [9.17, 15) is 4.79 Å². The molecule has 0 saturated carbocycles. The van der Waals surface area contributed by atoms with Gasteiger partial charge in [0, 0.05) is 24.5 Å². The van der Waals surface area contributed by atoms with Crippen LogP contribution in [-0.2, 0) is 4.79 Å². The molecule has 0 unspecified atom stereocenters. The van der Waals surface area contributed by atoms with Crippen LogP contribution in [0.3, 0.4) is 0 Å². The summed E-state index contributed by atoms with van der Waals surface area (Å²) in [4.78, 5) is 14.2. The number of hydrogen-bond acceptors (Lipinski definition) is 2. The molecular formula is C13H22N2O. The van der Waals surface area contributed by atoms with E-state index in [1.165, 1.54) is 0 Å². The number of likely N-dealkylation sites (tertiary alicyclic amines) is 1. The lowest BCUT2D eigenvalue weighted by molar-refractivity contribution is -0.136. The number of rotatable bonds is 2. The quantitative estimate of drug-likeness (QED) is 0.719. The van der Waals surface area contributed by atoms with Gasteiger partial charge >= 0.3 is 0 Å². The Morgan fingerprint density at radius 1 is 1.31 bits per heavy atom. The van der Waals surface area contributed by atoms with Gasteiger partial charge in [0.05, 0.1) is 0 Å². The Bertz CT molecular complexity index is 282. The van der Waals surface area contributed by atoms with E-state index in [1.807, 2.05) is 7.05 Å². The van der Waals surface area contributed by atoms with Crippen LogP contribution in [-0.4, -0.2) is 36.5 Å². The third-order valence-electron chi connectivity index (χ3n) is 4.14. The maximum Gasteiger partial charge on any atom is 0.226 e. The van der Waals surface area contributed by atoms with Crippen molar-refractivity contribution in [2.75, 3.05) is 20.1 Å². The van der Waals surface area contributed by atoms with Crippen molar-refractivity contribution in [3.05, 3.63) is 12.2 Å². The number of carbonyl (C=O) groups excluding carboxylic acids is 1. The van der Waals surface area contributed by atoms with E-state index in [2.05, 4.69) is 29.3 Å². The molecule has 1 saturated heterocycles. The van der Waals surface area contributed by atoms with Crippen molar-refractivity contribution in [3.8, 4) is 0 Å². The molecule has 1 N–H and O–H groups in total. The molecule has 1 fully saturated rings. The number of carbonyl (C=O) groups is 1. The number of nitrogens with one attached hydrogen (secondary N) is 1. The highest BCUT2D eigenvalue weighted by Gasteiger charge is 2.32. The highest BCUT2D eigenvalue weighted by Crippen LogP contribution is 2.25. The minimum atomic E-state index is 0.227. The van der Waals surface area contributed by atoms with Gasteiger partial charge in [0.25, 0.3) is 0 Å². The maximum atomic E-state index is 12.2. The average molecular weight is 222 g/mol. The van der Waals surface area contributed by atoms with Crippen molar-refractivity contribution in [1.29, 1.82) is 0 Å². The molecule has 0 aromatic rings. The minimum absolute atomic E-state index is 0.227. The van der Waals surface area contributed by atoms with Gasteiger partial charge < -0.3 is 10.2 Å². The summed E-state index contributed by atoms with van der Waals surface area (Å²) < 4.78 is 0. The van der Waals surface area contributed by atoms with Crippen LogP contribution in [0.4, 0.5) is 0 Å². The molecule has 16 heavy (non-hydrogen) atoms. The van der Waals surface area contributed by atoms with E-state index in [0.717, 1.165) is 38.8 Å². The smallest absolute Gasteiger partial charge is 0.226 e. The first-order chi connectivity index (χ1) is 7.64. The summed E-state index contributed by atoms with van der Waals surface area (Å²) in [6, 6.07) is 0. The molecule has 0 aromatic heterocycles. The van der Waals surface area contributed by atoms with Crippen molar-refractivity contribution in [2.45, 2.75) is 38.1 Å². The topological polar surface area (TPSA) is 32.3 Å². The SMILES string of the molecule is CNC1(C)CCN(C(=O)C2CC=CC2)CC1. The number of hydrogen-bond donors (Lipinski definition) is 1. The van der Waals surface area contributed by atoms with Crippen LogP contribution in [0.25, 0.3) is 0 Å². The summed E-state index contributed by atoms with van der Waals surface area (Å²) in [6.07, 6.45) is 8.27. The largest absolute Gasteiger partial charge is 0.342 e. The van der Waals surface area contributed by atoms with Crippen LogP contribution in [0.5, 0.6) is 0 Å². The number of nitrogens with zero attached hydrogens (tertiary/aromatic N) is 1. The lowest BCUT2D eigenvalue weighted by Gasteiger charge is -2.40. The summed E-state index contributed by atoms with van der Waals surface area (Å²) in [5, 5.41) is 3.36. The Hall–Kier alpha value is -0.830. The van der Waals surface area contributed by atoms with Crippen LogP contribution in [0.15, 0.2) is 12.2 Å². The standard InChI is InChI=1S/C13H22N2O/c1-13(14-2)7-9-15(10-8-13)12(16)11-5-3-4-6-11/h3-4,11,14H,5-10H2,1-2H3. The van der Waals surface area contributed by atoms with Crippen LogP contribution in [0.2, 0.25) is 0 Å². The highest BCUT2D eigenvalue weighted by atomic mass is 16.2. The fourth-order valence-corrected chi connectivity index (χ4v) is 2.55. The molecule has 3 nitrogen and oxygen atoms in total. The molecule has 0 radical (unpaired) electrons. The molecule has 1 aliphatic carbocycles. The lowest BCUT2D eigenvalue weighted by atomic mass is 9.89. The summed E-state index contributed by atoms with van der Waals surface area (Å²) in [5.74, 6) is 0.599. The van der Waals surface area contributed by atoms with Crippen LogP contribution >= 0.6 is 0 Å². The zero-order valence-electron chi connectivity index (χ0n) is 10.3. The first-order valence-corrected chi connectivity index (χ1v) is 6.27. The van der Waals surface area contributed by atoms with Gasteiger partial charge in [0.15, 0.2) is 0 Å². The Morgan fingerprint density at radius 3 is 2.38 bits per heavy atom. The van der Waals surface area contributed by atoms with Crippen molar-refractivity contribution in [1.82, 2.24) is 10.2 Å². The zero-order chi connectivity index (χ0) is 11.6. The normalized spacial score (nSPS) is 25.0.